The van der Waals surface area contributed by atoms with Crippen LogP contribution in [0, 0.1) is 0 Å². The first kappa shape index (κ1) is 9.05. The molecule has 0 aliphatic carbocycles. The molecule has 0 saturated carbocycles. The van der Waals surface area contributed by atoms with Crippen molar-refractivity contribution in [1.82, 2.24) is 15.2 Å². The third kappa shape index (κ3) is 1.87. The molecule has 0 aliphatic rings. The summed E-state index contributed by atoms with van der Waals surface area (Å²) >= 11 is 10.3. The van der Waals surface area contributed by atoms with Crippen LogP contribution < -0.4 is 0 Å². The first-order valence-corrected chi connectivity index (χ1v) is 5.36. The molecule has 6 heteroatoms. The number of aromatic nitrogens is 3. The van der Waals surface area contributed by atoms with E-state index in [1.807, 2.05) is 12.1 Å². The molecule has 2 heterocycles. The fraction of sp³-hybridized carbons (Fsp3) is 0. The van der Waals surface area contributed by atoms with E-state index >= 15 is 0 Å². The summed E-state index contributed by atoms with van der Waals surface area (Å²) in [4.78, 5) is 4.08. The Bertz CT molecular complexity index is 431. The predicted octanol–water partition coefficient (Wildman–Crippen LogP) is 3.02. The van der Waals surface area contributed by atoms with Crippen LogP contribution in [0.4, 0.5) is 0 Å². The summed E-state index contributed by atoms with van der Waals surface area (Å²) in [5, 5.41) is 8.40. The smallest absolute Gasteiger partial charge is 0.207 e. The van der Waals surface area contributed by atoms with Crippen molar-refractivity contribution in [3.05, 3.63) is 27.4 Å². The highest BCUT2D eigenvalue weighted by Crippen LogP contribution is 2.30. The van der Waals surface area contributed by atoms with E-state index < -0.39 is 0 Å². The molecule has 0 bridgehead atoms. The molecule has 0 atom stereocenters. The molecule has 0 fully saturated rings. The van der Waals surface area contributed by atoms with Crippen LogP contribution in [-0.4, -0.2) is 15.2 Å². The molecule has 0 unspecified atom stereocenters. The topological polar surface area (TPSA) is 38.7 Å². The molecule has 13 heavy (non-hydrogen) atoms. The van der Waals surface area contributed by atoms with Gasteiger partial charge in [-0.2, -0.15) is 0 Å². The second-order valence-electron chi connectivity index (χ2n) is 2.20. The minimum absolute atomic E-state index is 0.436. The summed E-state index contributed by atoms with van der Waals surface area (Å²) in [6.45, 7) is 0. The van der Waals surface area contributed by atoms with Gasteiger partial charge in [0.1, 0.15) is 4.60 Å². The largest absolute Gasteiger partial charge is 0.249 e. The van der Waals surface area contributed by atoms with Crippen molar-refractivity contribution in [3.63, 3.8) is 0 Å². The molecule has 0 radical (unpaired) electrons. The second kappa shape index (κ2) is 3.69. The SMILES string of the molecule is Clc1nnc(-c2cccnc2Br)s1. The van der Waals surface area contributed by atoms with E-state index in [2.05, 4.69) is 31.1 Å². The van der Waals surface area contributed by atoms with Crippen LogP contribution in [0.3, 0.4) is 0 Å². The number of hydrogen-bond acceptors (Lipinski definition) is 4. The van der Waals surface area contributed by atoms with Gasteiger partial charge in [0.05, 0.1) is 0 Å². The van der Waals surface area contributed by atoms with Gasteiger partial charge in [0.2, 0.25) is 4.47 Å². The van der Waals surface area contributed by atoms with Gasteiger partial charge in [-0.05, 0) is 39.7 Å². The Morgan fingerprint density at radius 1 is 1.38 bits per heavy atom. The Kier molecular flexibility index (Phi) is 2.57. The molecule has 0 aliphatic heterocycles. The zero-order chi connectivity index (χ0) is 9.26. The summed E-state index contributed by atoms with van der Waals surface area (Å²) in [5.41, 5.74) is 0.909. The molecule has 0 saturated heterocycles. The Hall–Kier alpha value is -0.520. The van der Waals surface area contributed by atoms with Crippen molar-refractivity contribution in [2.75, 3.05) is 0 Å². The zero-order valence-electron chi connectivity index (χ0n) is 6.24. The normalized spacial score (nSPS) is 10.3. The number of halogens is 2. The lowest BCUT2D eigenvalue weighted by molar-refractivity contribution is 1.09. The van der Waals surface area contributed by atoms with Crippen LogP contribution >= 0.6 is 38.9 Å². The van der Waals surface area contributed by atoms with Gasteiger partial charge in [0.15, 0.2) is 5.01 Å². The highest BCUT2D eigenvalue weighted by Gasteiger charge is 2.08. The van der Waals surface area contributed by atoms with E-state index in [-0.39, 0.29) is 0 Å². The first-order valence-electron chi connectivity index (χ1n) is 3.37. The van der Waals surface area contributed by atoms with Crippen LogP contribution in [0.25, 0.3) is 10.6 Å². The molecule has 3 nitrogen and oxygen atoms in total. The maximum Gasteiger partial charge on any atom is 0.207 e. The molecule has 0 spiro atoms. The molecule has 2 aromatic heterocycles. The second-order valence-corrected chi connectivity index (χ2v) is 4.51. The molecule has 66 valence electrons. The average molecular weight is 277 g/mol. The first-order chi connectivity index (χ1) is 6.27. The van der Waals surface area contributed by atoms with Crippen molar-refractivity contribution >= 4 is 38.9 Å². The Morgan fingerprint density at radius 2 is 2.23 bits per heavy atom. The van der Waals surface area contributed by atoms with Gasteiger partial charge in [0.25, 0.3) is 0 Å². The quantitative estimate of drug-likeness (QED) is 0.752. The minimum atomic E-state index is 0.436. The monoisotopic (exact) mass is 275 g/mol. The maximum atomic E-state index is 5.67. The molecule has 0 N–H and O–H groups in total. The van der Waals surface area contributed by atoms with Crippen LogP contribution in [-0.2, 0) is 0 Å². The number of nitrogens with zero attached hydrogens (tertiary/aromatic N) is 3. The fourth-order valence-corrected chi connectivity index (χ4v) is 2.28. The lowest BCUT2D eigenvalue weighted by Crippen LogP contribution is -1.81. The highest BCUT2D eigenvalue weighted by atomic mass is 79.9. The Morgan fingerprint density at radius 3 is 2.85 bits per heavy atom. The predicted molar refractivity (Wildman–Crippen MR) is 55.9 cm³/mol. The summed E-state index contributed by atoms with van der Waals surface area (Å²) in [6, 6.07) is 3.75. The lowest BCUT2D eigenvalue weighted by Gasteiger charge is -1.95. The van der Waals surface area contributed by atoms with Crippen LogP contribution in [0.1, 0.15) is 0 Å². The molecule has 2 rings (SSSR count). The van der Waals surface area contributed by atoms with Crippen molar-refractivity contribution in [1.29, 1.82) is 0 Å². The molecule has 2 aromatic rings. The molecule has 0 aromatic carbocycles. The van der Waals surface area contributed by atoms with E-state index in [0.717, 1.165) is 15.2 Å². The number of hydrogen-bond donors (Lipinski definition) is 0. The number of pyridine rings is 1. The highest BCUT2D eigenvalue weighted by molar-refractivity contribution is 9.10. The van der Waals surface area contributed by atoms with Gasteiger partial charge in [-0.25, -0.2) is 4.98 Å². The van der Waals surface area contributed by atoms with E-state index in [9.17, 15) is 0 Å². The summed E-state index contributed by atoms with van der Waals surface area (Å²) in [6.07, 6.45) is 1.70. The molecular weight excluding hydrogens is 274 g/mol. The summed E-state index contributed by atoms with van der Waals surface area (Å²) in [5.74, 6) is 0. The molecule has 0 amide bonds. The third-order valence-corrected chi connectivity index (χ3v) is 3.07. The van der Waals surface area contributed by atoms with Crippen molar-refractivity contribution in [2.45, 2.75) is 0 Å². The zero-order valence-corrected chi connectivity index (χ0v) is 9.40. The van der Waals surface area contributed by atoms with Crippen LogP contribution in [0.15, 0.2) is 22.9 Å². The van der Waals surface area contributed by atoms with Gasteiger partial charge in [-0.3, -0.25) is 0 Å². The van der Waals surface area contributed by atoms with Crippen molar-refractivity contribution in [3.8, 4) is 10.6 Å². The van der Waals surface area contributed by atoms with Gasteiger partial charge >= 0.3 is 0 Å². The Labute approximate surface area is 91.9 Å². The van der Waals surface area contributed by atoms with E-state index in [4.69, 9.17) is 11.6 Å². The number of rotatable bonds is 1. The molecular formula is C7H3BrClN3S. The minimum Gasteiger partial charge on any atom is -0.249 e. The van der Waals surface area contributed by atoms with Crippen LogP contribution in [0.2, 0.25) is 4.47 Å². The van der Waals surface area contributed by atoms with E-state index in [1.165, 1.54) is 11.3 Å². The summed E-state index contributed by atoms with van der Waals surface area (Å²) < 4.78 is 1.19. The standard InChI is InChI=1S/C7H3BrClN3S/c8-5-4(2-1-3-10-5)6-11-12-7(9)13-6/h1-3H. The van der Waals surface area contributed by atoms with Gasteiger partial charge < -0.3 is 0 Å². The summed E-state index contributed by atoms with van der Waals surface area (Å²) in [7, 11) is 0. The fourth-order valence-electron chi connectivity index (χ4n) is 0.860. The van der Waals surface area contributed by atoms with E-state index in [0.29, 0.717) is 4.47 Å². The van der Waals surface area contributed by atoms with Gasteiger partial charge in [-0.1, -0.05) is 11.3 Å². The lowest BCUT2D eigenvalue weighted by atomic mass is 10.3. The third-order valence-electron chi connectivity index (χ3n) is 1.39. The maximum absolute atomic E-state index is 5.67. The van der Waals surface area contributed by atoms with Gasteiger partial charge in [0, 0.05) is 11.8 Å². The van der Waals surface area contributed by atoms with Gasteiger partial charge in [-0.15, -0.1) is 10.2 Å². The Balaban J connectivity index is 2.52. The van der Waals surface area contributed by atoms with Crippen LogP contribution in [0.5, 0.6) is 0 Å². The van der Waals surface area contributed by atoms with Crippen molar-refractivity contribution < 1.29 is 0 Å². The van der Waals surface area contributed by atoms with E-state index in [1.54, 1.807) is 6.20 Å². The average Bonchev–Trinajstić information content (AvgIpc) is 2.53. The van der Waals surface area contributed by atoms with Crippen molar-refractivity contribution in [2.24, 2.45) is 0 Å².